The Hall–Kier alpha value is -0.0800. The molecule has 2 heteroatoms. The van der Waals surface area contributed by atoms with Crippen LogP contribution in [0.15, 0.2) is 0 Å². The van der Waals surface area contributed by atoms with Gasteiger partial charge < -0.3 is 10.2 Å². The summed E-state index contributed by atoms with van der Waals surface area (Å²) in [5, 5.41) is 3.60. The predicted octanol–water partition coefficient (Wildman–Crippen LogP) is 2.89. The molecule has 0 amide bonds. The molecule has 0 saturated heterocycles. The summed E-state index contributed by atoms with van der Waals surface area (Å²) in [6, 6.07) is 1.31. The van der Waals surface area contributed by atoms with Crippen molar-refractivity contribution in [1.82, 2.24) is 10.2 Å². The zero-order chi connectivity index (χ0) is 12.0. The van der Waals surface area contributed by atoms with E-state index in [-0.39, 0.29) is 0 Å². The second-order valence-electron chi connectivity index (χ2n) is 5.40. The Labute approximate surface area is 102 Å². The monoisotopic (exact) mass is 226 g/mol. The van der Waals surface area contributed by atoms with Gasteiger partial charge in [-0.05, 0) is 45.7 Å². The third-order valence-corrected chi connectivity index (χ3v) is 4.20. The summed E-state index contributed by atoms with van der Waals surface area (Å²) in [5.41, 5.74) is 0. The van der Waals surface area contributed by atoms with Crippen LogP contribution in [-0.2, 0) is 0 Å². The zero-order valence-electron chi connectivity index (χ0n) is 11.6. The Balaban J connectivity index is 2.34. The molecular formula is C14H30N2. The van der Waals surface area contributed by atoms with Crippen molar-refractivity contribution >= 4 is 0 Å². The normalized spacial score (nSPS) is 21.6. The van der Waals surface area contributed by atoms with Gasteiger partial charge in [-0.2, -0.15) is 0 Å². The highest BCUT2D eigenvalue weighted by molar-refractivity contribution is 4.80. The van der Waals surface area contributed by atoms with Crippen LogP contribution in [0.1, 0.15) is 52.9 Å². The quantitative estimate of drug-likeness (QED) is 0.718. The minimum absolute atomic E-state index is 0.649. The van der Waals surface area contributed by atoms with Crippen LogP contribution in [0.3, 0.4) is 0 Å². The van der Waals surface area contributed by atoms with E-state index >= 15 is 0 Å². The molecule has 96 valence electrons. The fraction of sp³-hybridized carbons (Fsp3) is 1.00. The minimum Gasteiger partial charge on any atom is -0.313 e. The van der Waals surface area contributed by atoms with E-state index in [1.165, 1.54) is 38.6 Å². The van der Waals surface area contributed by atoms with Gasteiger partial charge in [0.1, 0.15) is 0 Å². The van der Waals surface area contributed by atoms with E-state index in [0.717, 1.165) is 12.5 Å². The van der Waals surface area contributed by atoms with Crippen molar-refractivity contribution in [2.45, 2.75) is 65.0 Å². The highest BCUT2D eigenvalue weighted by atomic mass is 15.2. The number of nitrogens with zero attached hydrogens (tertiary/aromatic N) is 1. The van der Waals surface area contributed by atoms with Gasteiger partial charge in [0.2, 0.25) is 0 Å². The maximum Gasteiger partial charge on any atom is 0.0218 e. The van der Waals surface area contributed by atoms with E-state index in [2.05, 4.69) is 38.0 Å². The molecule has 0 radical (unpaired) electrons. The van der Waals surface area contributed by atoms with Crippen LogP contribution in [0.5, 0.6) is 0 Å². The molecule has 0 aromatic carbocycles. The molecule has 0 aliphatic heterocycles. The van der Waals surface area contributed by atoms with Gasteiger partial charge in [-0.15, -0.1) is 0 Å². The summed E-state index contributed by atoms with van der Waals surface area (Å²) in [6.45, 7) is 9.23. The molecule has 0 spiro atoms. The van der Waals surface area contributed by atoms with Gasteiger partial charge in [0.15, 0.2) is 0 Å². The molecule has 16 heavy (non-hydrogen) atoms. The van der Waals surface area contributed by atoms with Crippen molar-refractivity contribution in [2.24, 2.45) is 5.92 Å². The van der Waals surface area contributed by atoms with Crippen LogP contribution in [0.25, 0.3) is 0 Å². The van der Waals surface area contributed by atoms with E-state index in [1.807, 2.05) is 0 Å². The Bertz CT molecular complexity index is 176. The molecular weight excluding hydrogens is 196 g/mol. The van der Waals surface area contributed by atoms with Gasteiger partial charge >= 0.3 is 0 Å². The second-order valence-corrected chi connectivity index (χ2v) is 5.40. The molecule has 1 saturated carbocycles. The van der Waals surface area contributed by atoms with Crippen LogP contribution in [-0.4, -0.2) is 37.1 Å². The molecule has 1 fully saturated rings. The number of hydrogen-bond donors (Lipinski definition) is 1. The zero-order valence-corrected chi connectivity index (χ0v) is 11.6. The van der Waals surface area contributed by atoms with Crippen LogP contribution in [0.2, 0.25) is 0 Å². The summed E-state index contributed by atoms with van der Waals surface area (Å²) < 4.78 is 0. The van der Waals surface area contributed by atoms with Gasteiger partial charge in [-0.3, -0.25) is 0 Å². The maximum atomic E-state index is 3.60. The Morgan fingerprint density at radius 3 is 2.38 bits per heavy atom. The molecule has 0 aromatic rings. The van der Waals surface area contributed by atoms with Gasteiger partial charge in [0, 0.05) is 18.6 Å². The second kappa shape index (κ2) is 7.29. The molecule has 2 atom stereocenters. The van der Waals surface area contributed by atoms with Crippen LogP contribution in [0.4, 0.5) is 0 Å². The third-order valence-electron chi connectivity index (χ3n) is 4.20. The van der Waals surface area contributed by atoms with Gasteiger partial charge in [0.05, 0.1) is 0 Å². The van der Waals surface area contributed by atoms with E-state index in [4.69, 9.17) is 0 Å². The lowest BCUT2D eigenvalue weighted by molar-refractivity contribution is 0.177. The SMILES string of the molecule is CCNC(CC)C(C)N(C)CC1CCCC1. The first kappa shape index (κ1) is 14.0. The van der Waals surface area contributed by atoms with Crippen LogP contribution < -0.4 is 5.32 Å². The summed E-state index contributed by atoms with van der Waals surface area (Å²) >= 11 is 0. The largest absolute Gasteiger partial charge is 0.313 e. The standard InChI is InChI=1S/C14H30N2/c1-5-14(15-6-2)12(3)16(4)11-13-9-7-8-10-13/h12-15H,5-11H2,1-4H3. The number of likely N-dealkylation sites (N-methyl/N-ethyl adjacent to an activating group) is 2. The minimum atomic E-state index is 0.649. The van der Waals surface area contributed by atoms with E-state index in [1.54, 1.807) is 0 Å². The van der Waals surface area contributed by atoms with Crippen molar-refractivity contribution in [3.63, 3.8) is 0 Å². The summed E-state index contributed by atoms with van der Waals surface area (Å²) in [5.74, 6) is 0.964. The van der Waals surface area contributed by atoms with Crippen LogP contribution >= 0.6 is 0 Å². The third kappa shape index (κ3) is 4.06. The maximum absolute atomic E-state index is 3.60. The van der Waals surface area contributed by atoms with Crippen molar-refractivity contribution in [1.29, 1.82) is 0 Å². The van der Waals surface area contributed by atoms with E-state index < -0.39 is 0 Å². The topological polar surface area (TPSA) is 15.3 Å². The summed E-state index contributed by atoms with van der Waals surface area (Å²) in [4.78, 5) is 2.56. The van der Waals surface area contributed by atoms with Gasteiger partial charge in [-0.1, -0.05) is 26.7 Å². The van der Waals surface area contributed by atoms with E-state index in [9.17, 15) is 0 Å². The average molecular weight is 226 g/mol. The average Bonchev–Trinajstić information content (AvgIpc) is 2.77. The fourth-order valence-corrected chi connectivity index (χ4v) is 2.99. The van der Waals surface area contributed by atoms with Crippen molar-refractivity contribution in [2.75, 3.05) is 20.1 Å². The first-order valence-electron chi connectivity index (χ1n) is 7.12. The number of nitrogens with one attached hydrogen (secondary N) is 1. The Kier molecular flexibility index (Phi) is 6.37. The number of hydrogen-bond acceptors (Lipinski definition) is 2. The summed E-state index contributed by atoms with van der Waals surface area (Å²) in [6.07, 6.45) is 7.04. The lowest BCUT2D eigenvalue weighted by Crippen LogP contribution is -2.47. The Morgan fingerprint density at radius 1 is 1.25 bits per heavy atom. The predicted molar refractivity (Wildman–Crippen MR) is 71.8 cm³/mol. The van der Waals surface area contributed by atoms with Crippen molar-refractivity contribution < 1.29 is 0 Å². The first-order chi connectivity index (χ1) is 7.69. The molecule has 2 unspecified atom stereocenters. The molecule has 1 rings (SSSR count). The molecule has 0 heterocycles. The Morgan fingerprint density at radius 2 is 1.88 bits per heavy atom. The lowest BCUT2D eigenvalue weighted by atomic mass is 10.0. The fourth-order valence-electron chi connectivity index (χ4n) is 2.99. The molecule has 2 nitrogen and oxygen atoms in total. The van der Waals surface area contributed by atoms with Gasteiger partial charge in [0.25, 0.3) is 0 Å². The molecule has 1 N–H and O–H groups in total. The van der Waals surface area contributed by atoms with Gasteiger partial charge in [-0.25, -0.2) is 0 Å². The highest BCUT2D eigenvalue weighted by Crippen LogP contribution is 2.25. The smallest absolute Gasteiger partial charge is 0.0218 e. The lowest BCUT2D eigenvalue weighted by Gasteiger charge is -2.33. The van der Waals surface area contributed by atoms with E-state index in [0.29, 0.717) is 12.1 Å². The summed E-state index contributed by atoms with van der Waals surface area (Å²) in [7, 11) is 2.29. The van der Waals surface area contributed by atoms with Crippen molar-refractivity contribution in [3.05, 3.63) is 0 Å². The van der Waals surface area contributed by atoms with Crippen LogP contribution in [0, 0.1) is 5.92 Å². The first-order valence-corrected chi connectivity index (χ1v) is 7.12. The highest BCUT2D eigenvalue weighted by Gasteiger charge is 2.23. The van der Waals surface area contributed by atoms with Crippen molar-refractivity contribution in [3.8, 4) is 0 Å². The molecule has 0 aromatic heterocycles. The number of rotatable bonds is 7. The molecule has 1 aliphatic carbocycles. The molecule has 1 aliphatic rings. The molecule has 0 bridgehead atoms.